The zero-order valence-corrected chi connectivity index (χ0v) is 16.7. The Morgan fingerprint density at radius 1 is 1.10 bits per heavy atom. The van der Waals surface area contributed by atoms with Gasteiger partial charge in [0.25, 0.3) is 0 Å². The minimum Gasteiger partial charge on any atom is -0.480 e. The van der Waals surface area contributed by atoms with Crippen LogP contribution in [-0.2, 0) is 16.1 Å². The summed E-state index contributed by atoms with van der Waals surface area (Å²) in [7, 11) is 0. The fourth-order valence-corrected chi connectivity index (χ4v) is 4.12. The fraction of sp³-hybridized carbons (Fsp3) is 0.333. The highest BCUT2D eigenvalue weighted by Gasteiger charge is 2.32. The predicted molar refractivity (Wildman–Crippen MR) is 110 cm³/mol. The zero-order chi connectivity index (χ0) is 22.0. The first-order valence-electron chi connectivity index (χ1n) is 9.93. The Kier molecular flexibility index (Phi) is 5.81. The highest BCUT2D eigenvalue weighted by molar-refractivity contribution is 5.90. The summed E-state index contributed by atoms with van der Waals surface area (Å²) in [5.74, 6) is -2.04. The molecular formula is C21H22FN5O4. The van der Waals surface area contributed by atoms with Gasteiger partial charge in [-0.1, -0.05) is 0 Å². The van der Waals surface area contributed by atoms with Gasteiger partial charge in [0.2, 0.25) is 5.95 Å². The lowest BCUT2D eigenvalue weighted by Crippen LogP contribution is -2.37. The maximum absolute atomic E-state index is 13.8. The van der Waals surface area contributed by atoms with E-state index in [0.717, 1.165) is 0 Å². The molecule has 1 aliphatic heterocycles. The first-order valence-corrected chi connectivity index (χ1v) is 9.93. The second kappa shape index (κ2) is 8.68. The highest BCUT2D eigenvalue weighted by atomic mass is 19.1. The number of aromatic nitrogens is 3. The number of benzene rings is 1. The third-order valence-corrected chi connectivity index (χ3v) is 5.44. The molecule has 3 heterocycles. The maximum Gasteiger partial charge on any atom is 0.325 e. The molecule has 0 amide bonds. The Bertz CT molecular complexity index is 1100. The van der Waals surface area contributed by atoms with E-state index in [2.05, 4.69) is 9.97 Å². The van der Waals surface area contributed by atoms with Crippen molar-refractivity contribution in [2.45, 2.75) is 19.0 Å². The van der Waals surface area contributed by atoms with Gasteiger partial charge in [0.1, 0.15) is 18.4 Å². The Morgan fingerprint density at radius 2 is 1.87 bits per heavy atom. The fourth-order valence-electron chi connectivity index (χ4n) is 4.12. The van der Waals surface area contributed by atoms with Crippen molar-refractivity contribution in [1.82, 2.24) is 19.4 Å². The van der Waals surface area contributed by atoms with Crippen LogP contribution >= 0.6 is 0 Å². The lowest BCUT2D eigenvalue weighted by Gasteiger charge is -2.27. The van der Waals surface area contributed by atoms with Crippen LogP contribution in [0, 0.1) is 5.82 Å². The molecule has 1 aliphatic rings. The lowest BCUT2D eigenvalue weighted by molar-refractivity contribution is -0.143. The number of hydrogen-bond donors (Lipinski definition) is 2. The monoisotopic (exact) mass is 427 g/mol. The minimum atomic E-state index is -1.09. The predicted octanol–water partition coefficient (Wildman–Crippen LogP) is 1.99. The van der Waals surface area contributed by atoms with E-state index in [1.165, 1.54) is 29.0 Å². The first-order chi connectivity index (χ1) is 14.9. The second-order valence-electron chi connectivity index (χ2n) is 7.43. The van der Waals surface area contributed by atoms with Crippen molar-refractivity contribution in [2.75, 3.05) is 31.1 Å². The van der Waals surface area contributed by atoms with Crippen LogP contribution in [0.2, 0.25) is 0 Å². The van der Waals surface area contributed by atoms with Gasteiger partial charge in [0, 0.05) is 55.7 Å². The number of halogens is 1. The van der Waals surface area contributed by atoms with Crippen LogP contribution in [0.1, 0.15) is 18.0 Å². The molecule has 0 unspecified atom stereocenters. The van der Waals surface area contributed by atoms with Gasteiger partial charge >= 0.3 is 11.9 Å². The van der Waals surface area contributed by atoms with Gasteiger partial charge in [-0.3, -0.25) is 14.5 Å². The van der Waals surface area contributed by atoms with Crippen molar-refractivity contribution in [2.24, 2.45) is 0 Å². The van der Waals surface area contributed by atoms with Gasteiger partial charge in [-0.2, -0.15) is 0 Å². The summed E-state index contributed by atoms with van der Waals surface area (Å²) in [4.78, 5) is 36.0. The molecule has 0 aliphatic carbocycles. The molecule has 162 valence electrons. The highest BCUT2D eigenvalue weighted by Crippen LogP contribution is 2.32. The minimum absolute atomic E-state index is 0.359. The number of fused-ring (bicyclic) bond motifs is 1. The quantitative estimate of drug-likeness (QED) is 0.614. The van der Waals surface area contributed by atoms with Gasteiger partial charge in [-0.05, 0) is 30.7 Å². The number of carboxylic acid groups (broad SMARTS) is 2. The third-order valence-electron chi connectivity index (χ3n) is 5.44. The number of aliphatic carboxylic acids is 2. The van der Waals surface area contributed by atoms with Crippen LogP contribution in [0.25, 0.3) is 10.9 Å². The number of carboxylic acids is 2. The number of hydrogen-bond acceptors (Lipinski definition) is 6. The lowest BCUT2D eigenvalue weighted by atomic mass is 10.0. The van der Waals surface area contributed by atoms with Crippen molar-refractivity contribution in [1.29, 1.82) is 0 Å². The molecule has 2 N–H and O–H groups in total. The molecule has 2 aromatic heterocycles. The molecule has 4 rings (SSSR count). The second-order valence-corrected chi connectivity index (χ2v) is 7.43. The maximum atomic E-state index is 13.8. The Hall–Kier alpha value is -3.53. The van der Waals surface area contributed by atoms with Gasteiger partial charge in [0.05, 0.1) is 5.52 Å². The summed E-state index contributed by atoms with van der Waals surface area (Å²) in [6, 6.07) is 4.75. The van der Waals surface area contributed by atoms with Crippen molar-refractivity contribution < 1.29 is 24.2 Å². The number of rotatable bonds is 6. The van der Waals surface area contributed by atoms with E-state index in [-0.39, 0.29) is 6.54 Å². The first kappa shape index (κ1) is 20.7. The van der Waals surface area contributed by atoms with Crippen LogP contribution in [0.3, 0.4) is 0 Å². The third kappa shape index (κ3) is 4.33. The van der Waals surface area contributed by atoms with E-state index in [1.54, 1.807) is 18.5 Å². The Balaban J connectivity index is 1.67. The molecule has 1 atom stereocenters. The van der Waals surface area contributed by atoms with Gasteiger partial charge in [-0.25, -0.2) is 14.4 Å². The molecule has 3 aromatic rings. The van der Waals surface area contributed by atoms with Crippen molar-refractivity contribution in [3.05, 3.63) is 54.2 Å². The molecule has 0 saturated carbocycles. The molecule has 0 spiro atoms. The van der Waals surface area contributed by atoms with Crippen LogP contribution in [-0.4, -0.2) is 67.8 Å². The summed E-state index contributed by atoms with van der Waals surface area (Å²) in [6.45, 7) is 1.86. The molecule has 31 heavy (non-hydrogen) atoms. The van der Waals surface area contributed by atoms with Crippen LogP contribution in [0.15, 0.2) is 42.9 Å². The molecule has 1 fully saturated rings. The zero-order valence-electron chi connectivity index (χ0n) is 16.7. The summed E-state index contributed by atoms with van der Waals surface area (Å²) in [5, 5.41) is 19.8. The SMILES string of the molecule is O=C(O)Cn1cc([C@@H](C(=O)O)N2CCCN(c3ncccn3)CC2)c2ccc(F)cc21. The van der Waals surface area contributed by atoms with E-state index in [4.69, 9.17) is 0 Å². The number of nitrogens with zero attached hydrogens (tertiary/aromatic N) is 5. The van der Waals surface area contributed by atoms with Crippen LogP contribution < -0.4 is 4.90 Å². The average molecular weight is 427 g/mol. The standard InChI is InChI=1S/C21H22FN5O4/c22-14-3-4-15-16(12-27(13-18(28)29)17(15)11-14)19(20(30)31)25-7-2-8-26(10-9-25)21-23-5-1-6-24-21/h1,3-6,11-12,19H,2,7-10,13H2,(H,28,29)(H,30,31)/t19-/m0/s1. The molecule has 0 bridgehead atoms. The van der Waals surface area contributed by atoms with Gasteiger partial charge in [-0.15, -0.1) is 0 Å². The smallest absolute Gasteiger partial charge is 0.325 e. The van der Waals surface area contributed by atoms with Crippen molar-refractivity contribution in [3.8, 4) is 0 Å². The summed E-state index contributed by atoms with van der Waals surface area (Å²) < 4.78 is 15.2. The molecule has 10 heteroatoms. The van der Waals surface area contributed by atoms with E-state index in [0.29, 0.717) is 55.0 Å². The molecule has 9 nitrogen and oxygen atoms in total. The summed E-state index contributed by atoms with van der Waals surface area (Å²) in [6.07, 6.45) is 5.56. The van der Waals surface area contributed by atoms with E-state index in [9.17, 15) is 24.2 Å². The van der Waals surface area contributed by atoms with Gasteiger partial charge < -0.3 is 19.7 Å². The van der Waals surface area contributed by atoms with Crippen molar-refractivity contribution in [3.63, 3.8) is 0 Å². The molecule has 1 aromatic carbocycles. The molecular weight excluding hydrogens is 405 g/mol. The summed E-state index contributed by atoms with van der Waals surface area (Å²) in [5.41, 5.74) is 0.811. The van der Waals surface area contributed by atoms with E-state index in [1.807, 2.05) is 9.80 Å². The summed E-state index contributed by atoms with van der Waals surface area (Å²) >= 11 is 0. The topological polar surface area (TPSA) is 112 Å². The molecule has 1 saturated heterocycles. The average Bonchev–Trinajstić information content (AvgIpc) is 2.91. The number of carbonyl (C=O) groups is 2. The largest absolute Gasteiger partial charge is 0.480 e. The Labute approximate surface area is 177 Å². The van der Waals surface area contributed by atoms with Crippen molar-refractivity contribution >= 4 is 28.8 Å². The normalized spacial score (nSPS) is 16.2. The number of anilines is 1. The van der Waals surface area contributed by atoms with E-state index >= 15 is 0 Å². The Morgan fingerprint density at radius 3 is 2.58 bits per heavy atom. The van der Waals surface area contributed by atoms with E-state index < -0.39 is 23.8 Å². The van der Waals surface area contributed by atoms with Gasteiger partial charge in [0.15, 0.2) is 0 Å². The molecule has 0 radical (unpaired) electrons. The van der Waals surface area contributed by atoms with Crippen LogP contribution in [0.5, 0.6) is 0 Å². The van der Waals surface area contributed by atoms with Crippen LogP contribution in [0.4, 0.5) is 10.3 Å².